The van der Waals surface area contributed by atoms with E-state index in [2.05, 4.69) is 102 Å². The third-order valence-electron chi connectivity index (χ3n) is 5.58. The summed E-state index contributed by atoms with van der Waals surface area (Å²) in [5.41, 5.74) is 4.80. The normalized spacial score (nSPS) is 14.8. The van der Waals surface area contributed by atoms with Crippen LogP contribution < -0.4 is 14.2 Å². The van der Waals surface area contributed by atoms with Gasteiger partial charge in [-0.15, -0.1) is 0 Å². The summed E-state index contributed by atoms with van der Waals surface area (Å²) in [4.78, 5) is 2.22. The van der Waals surface area contributed by atoms with Crippen molar-refractivity contribution in [3.8, 4) is 5.75 Å². The minimum Gasteiger partial charge on any atom is -0.439 e. The molecule has 0 unspecified atom stereocenters. The smallest absolute Gasteiger partial charge is 0.270 e. The van der Waals surface area contributed by atoms with Crippen LogP contribution in [0.15, 0.2) is 96.9 Å². The maximum atomic E-state index is 6.19. The van der Waals surface area contributed by atoms with E-state index in [4.69, 9.17) is 4.74 Å². The summed E-state index contributed by atoms with van der Waals surface area (Å²) in [6.45, 7) is 6.13. The zero-order valence-electron chi connectivity index (χ0n) is 17.8. The molecule has 0 fully saturated rings. The first-order valence-corrected chi connectivity index (χ1v) is 11.6. The summed E-state index contributed by atoms with van der Waals surface area (Å²) in [6, 6.07) is 27.4. The number of ether oxygens (including phenoxy) is 1. The van der Waals surface area contributed by atoms with E-state index in [1.807, 2.05) is 23.5 Å². The zero-order chi connectivity index (χ0) is 21.2. The molecule has 4 heteroatoms. The van der Waals surface area contributed by atoms with Crippen LogP contribution in [0, 0.1) is 0 Å². The number of nitrogens with zero attached hydrogens (tertiary/aromatic N) is 2. The van der Waals surface area contributed by atoms with Crippen molar-refractivity contribution in [2.75, 3.05) is 11.4 Å². The SMILES string of the molecule is CCN1/C(=C/C=C(\c2ccccc2)c2sc3ccccc3[n+]2CC)Oc2ccccc21. The van der Waals surface area contributed by atoms with Gasteiger partial charge in [-0.25, -0.2) is 0 Å². The van der Waals surface area contributed by atoms with Crippen LogP contribution in [0.3, 0.4) is 0 Å². The number of aromatic nitrogens is 1. The Hall–Kier alpha value is -3.37. The van der Waals surface area contributed by atoms with Crippen molar-refractivity contribution in [2.24, 2.45) is 0 Å². The van der Waals surface area contributed by atoms with E-state index in [9.17, 15) is 0 Å². The second-order valence-electron chi connectivity index (χ2n) is 7.38. The molecule has 5 rings (SSSR count). The molecule has 154 valence electrons. The molecule has 3 nitrogen and oxygen atoms in total. The average molecular weight is 426 g/mol. The van der Waals surface area contributed by atoms with E-state index in [0.29, 0.717) is 0 Å². The van der Waals surface area contributed by atoms with Crippen molar-refractivity contribution in [1.82, 2.24) is 0 Å². The molecule has 1 aliphatic rings. The Morgan fingerprint density at radius 3 is 2.48 bits per heavy atom. The lowest BCUT2D eigenvalue weighted by atomic mass is 10.1. The molecule has 1 aliphatic heterocycles. The Kier molecular flexibility index (Phi) is 5.31. The van der Waals surface area contributed by atoms with Gasteiger partial charge < -0.3 is 9.64 Å². The number of fused-ring (bicyclic) bond motifs is 2. The molecule has 0 aliphatic carbocycles. The topological polar surface area (TPSA) is 16.4 Å². The average Bonchev–Trinajstić information content (AvgIpc) is 3.37. The Balaban J connectivity index is 1.65. The highest BCUT2D eigenvalue weighted by molar-refractivity contribution is 7.19. The summed E-state index contributed by atoms with van der Waals surface area (Å²) in [7, 11) is 0. The molecule has 0 spiro atoms. The third-order valence-corrected chi connectivity index (χ3v) is 6.78. The molecule has 1 aromatic heterocycles. The lowest BCUT2D eigenvalue weighted by Gasteiger charge is -2.15. The van der Waals surface area contributed by atoms with E-state index < -0.39 is 0 Å². The van der Waals surface area contributed by atoms with Crippen LogP contribution in [0.25, 0.3) is 15.8 Å². The second-order valence-corrected chi connectivity index (χ2v) is 8.42. The Morgan fingerprint density at radius 1 is 0.935 bits per heavy atom. The maximum Gasteiger partial charge on any atom is 0.270 e. The fourth-order valence-corrected chi connectivity index (χ4v) is 5.39. The van der Waals surface area contributed by atoms with Crippen LogP contribution in [0.4, 0.5) is 5.69 Å². The lowest BCUT2D eigenvalue weighted by molar-refractivity contribution is -0.665. The monoisotopic (exact) mass is 425 g/mol. The summed E-state index contributed by atoms with van der Waals surface area (Å²) >= 11 is 1.84. The van der Waals surface area contributed by atoms with Crippen molar-refractivity contribution in [1.29, 1.82) is 0 Å². The first kappa shape index (κ1) is 19.6. The van der Waals surface area contributed by atoms with Crippen LogP contribution in [0.2, 0.25) is 0 Å². The standard InChI is InChI=1S/C27H25N2OS/c1-3-28-22-14-8-10-16-24(22)30-26(28)19-18-21(20-12-6-5-7-13-20)27-29(4-2)23-15-9-11-17-25(23)31-27/h5-19H,3-4H2,1-2H3/q+1. The number of thiazole rings is 1. The first-order chi connectivity index (χ1) is 15.3. The highest BCUT2D eigenvalue weighted by atomic mass is 32.1. The van der Waals surface area contributed by atoms with Gasteiger partial charge in [-0.1, -0.05) is 65.9 Å². The van der Waals surface area contributed by atoms with E-state index >= 15 is 0 Å². The third kappa shape index (κ3) is 3.53. The lowest BCUT2D eigenvalue weighted by Crippen LogP contribution is -2.34. The molecular weight excluding hydrogens is 400 g/mol. The fourth-order valence-electron chi connectivity index (χ4n) is 4.12. The quantitative estimate of drug-likeness (QED) is 0.344. The van der Waals surface area contributed by atoms with Crippen LogP contribution in [0.1, 0.15) is 24.4 Å². The Labute approximate surface area is 187 Å². The van der Waals surface area contributed by atoms with Crippen LogP contribution in [-0.2, 0) is 6.54 Å². The van der Waals surface area contributed by atoms with Crippen molar-refractivity contribution in [3.63, 3.8) is 0 Å². The first-order valence-electron chi connectivity index (χ1n) is 10.7. The molecule has 0 atom stereocenters. The van der Waals surface area contributed by atoms with E-state index in [-0.39, 0.29) is 0 Å². The fraction of sp³-hybridized carbons (Fsp3) is 0.148. The molecule has 0 saturated carbocycles. The molecule has 0 N–H and O–H groups in total. The van der Waals surface area contributed by atoms with Crippen molar-refractivity contribution in [3.05, 3.63) is 107 Å². The molecular formula is C27H25N2OS+. The van der Waals surface area contributed by atoms with Crippen molar-refractivity contribution >= 4 is 32.8 Å². The number of benzene rings is 3. The van der Waals surface area contributed by atoms with Gasteiger partial charge in [0.15, 0.2) is 5.75 Å². The maximum absolute atomic E-state index is 6.19. The van der Waals surface area contributed by atoms with Gasteiger partial charge in [-0.2, -0.15) is 4.57 Å². The van der Waals surface area contributed by atoms with Crippen molar-refractivity contribution in [2.45, 2.75) is 20.4 Å². The van der Waals surface area contributed by atoms with Crippen LogP contribution in [-0.4, -0.2) is 6.54 Å². The summed E-state index contributed by atoms with van der Waals surface area (Å²) < 4.78 is 9.89. The van der Waals surface area contributed by atoms with E-state index in [1.54, 1.807) is 0 Å². The van der Waals surface area contributed by atoms with Crippen LogP contribution >= 0.6 is 11.3 Å². The predicted molar refractivity (Wildman–Crippen MR) is 129 cm³/mol. The zero-order valence-corrected chi connectivity index (χ0v) is 18.6. The number of anilines is 1. The highest BCUT2D eigenvalue weighted by Crippen LogP contribution is 2.38. The number of hydrogen-bond donors (Lipinski definition) is 0. The Bertz CT molecular complexity index is 1290. The van der Waals surface area contributed by atoms with Crippen LogP contribution in [0.5, 0.6) is 5.75 Å². The number of allylic oxidation sites excluding steroid dienone is 2. The molecule has 0 radical (unpaired) electrons. The minimum atomic E-state index is 0.856. The molecule has 2 heterocycles. The van der Waals surface area contributed by atoms with Gasteiger partial charge in [0, 0.05) is 12.6 Å². The van der Waals surface area contributed by atoms with Gasteiger partial charge in [0.2, 0.25) is 11.4 Å². The van der Waals surface area contributed by atoms with Gasteiger partial charge in [-0.3, -0.25) is 0 Å². The minimum absolute atomic E-state index is 0.856. The van der Waals surface area contributed by atoms with Gasteiger partial charge in [0.25, 0.3) is 5.01 Å². The van der Waals surface area contributed by atoms with Gasteiger partial charge in [-0.05, 0) is 49.8 Å². The Morgan fingerprint density at radius 2 is 1.68 bits per heavy atom. The molecule has 0 bridgehead atoms. The predicted octanol–water partition coefficient (Wildman–Crippen LogP) is 6.40. The second kappa shape index (κ2) is 8.40. The number of rotatable bonds is 5. The molecule has 3 aromatic carbocycles. The summed E-state index contributed by atoms with van der Waals surface area (Å²) in [5, 5.41) is 1.25. The van der Waals surface area contributed by atoms with E-state index in [0.717, 1.165) is 30.4 Å². The molecule has 31 heavy (non-hydrogen) atoms. The summed E-state index contributed by atoms with van der Waals surface area (Å²) in [5.74, 6) is 1.78. The highest BCUT2D eigenvalue weighted by Gasteiger charge is 2.26. The van der Waals surface area contributed by atoms with Gasteiger partial charge >= 0.3 is 0 Å². The molecule has 4 aromatic rings. The largest absolute Gasteiger partial charge is 0.439 e. The van der Waals surface area contributed by atoms with Gasteiger partial charge in [0.1, 0.15) is 11.2 Å². The molecule has 0 saturated heterocycles. The van der Waals surface area contributed by atoms with Gasteiger partial charge in [0.05, 0.1) is 11.3 Å². The van der Waals surface area contributed by atoms with E-state index in [1.165, 1.54) is 26.4 Å². The summed E-state index contributed by atoms with van der Waals surface area (Å²) in [6.07, 6.45) is 4.31. The number of hydrogen-bond acceptors (Lipinski definition) is 3. The number of aryl methyl sites for hydroxylation is 1. The number of para-hydroxylation sites is 3. The molecule has 0 amide bonds. The van der Waals surface area contributed by atoms with Crippen molar-refractivity contribution < 1.29 is 9.30 Å².